The maximum Gasteiger partial charge on any atom is 0.257 e. The zero-order chi connectivity index (χ0) is 17.7. The van der Waals surface area contributed by atoms with Crippen molar-refractivity contribution in [2.75, 3.05) is 0 Å². The second kappa shape index (κ2) is 7.46. The molecule has 3 N–H and O–H groups in total. The number of aliphatic hydroxyl groups is 1. The minimum atomic E-state index is -3.76. The van der Waals surface area contributed by atoms with Crippen LogP contribution in [-0.4, -0.2) is 19.3 Å². The van der Waals surface area contributed by atoms with Crippen LogP contribution in [0.4, 0.5) is 0 Å². The van der Waals surface area contributed by atoms with E-state index in [2.05, 4.69) is 24.1 Å². The highest BCUT2D eigenvalue weighted by Gasteiger charge is 2.16. The molecule has 0 amide bonds. The molecule has 24 heavy (non-hydrogen) atoms. The molecule has 0 radical (unpaired) electrons. The van der Waals surface area contributed by atoms with Gasteiger partial charge in [-0.2, -0.15) is 0 Å². The van der Waals surface area contributed by atoms with Gasteiger partial charge in [-0.1, -0.05) is 32.1 Å². The predicted molar refractivity (Wildman–Crippen MR) is 91.4 cm³/mol. The van der Waals surface area contributed by atoms with Crippen molar-refractivity contribution in [1.82, 2.24) is 10.3 Å². The SMILES string of the molecule is CC(C)Cc1ccc(S(=O)(=O)NNC=C2C=CC=C(O)C2=O)cc1. The number of ketones is 1. The predicted octanol–water partition coefficient (Wildman–Crippen LogP) is 2.13. The van der Waals surface area contributed by atoms with E-state index in [4.69, 9.17) is 0 Å². The first-order valence-electron chi connectivity index (χ1n) is 7.48. The van der Waals surface area contributed by atoms with Crippen molar-refractivity contribution in [3.05, 3.63) is 65.6 Å². The first-order valence-corrected chi connectivity index (χ1v) is 8.96. The molecule has 0 unspecified atom stereocenters. The highest BCUT2D eigenvalue weighted by Crippen LogP contribution is 2.13. The zero-order valence-electron chi connectivity index (χ0n) is 13.5. The third-order valence-corrected chi connectivity index (χ3v) is 4.60. The number of hydrazine groups is 1. The van der Waals surface area contributed by atoms with E-state index in [-0.39, 0.29) is 10.5 Å². The first-order chi connectivity index (χ1) is 11.3. The lowest BCUT2D eigenvalue weighted by Gasteiger charge is -2.10. The number of rotatable bonds is 6. The first kappa shape index (κ1) is 18.0. The van der Waals surface area contributed by atoms with Crippen LogP contribution in [0.5, 0.6) is 0 Å². The Bertz CT molecular complexity index is 803. The van der Waals surface area contributed by atoms with Crippen LogP contribution in [0.3, 0.4) is 0 Å². The molecule has 0 fully saturated rings. The van der Waals surface area contributed by atoms with Gasteiger partial charge in [0.1, 0.15) is 0 Å². The quantitative estimate of drug-likeness (QED) is 0.541. The van der Waals surface area contributed by atoms with Gasteiger partial charge in [-0.05, 0) is 42.2 Å². The molecule has 1 aromatic carbocycles. The van der Waals surface area contributed by atoms with Gasteiger partial charge in [-0.3, -0.25) is 4.79 Å². The van der Waals surface area contributed by atoms with Crippen LogP contribution < -0.4 is 10.3 Å². The van der Waals surface area contributed by atoms with Crippen molar-refractivity contribution in [3.8, 4) is 0 Å². The monoisotopic (exact) mass is 348 g/mol. The Balaban J connectivity index is 2.03. The molecule has 6 nitrogen and oxygen atoms in total. The number of carbonyl (C=O) groups excluding carboxylic acids is 1. The summed E-state index contributed by atoms with van der Waals surface area (Å²) in [4.78, 5) is 13.9. The fourth-order valence-electron chi connectivity index (χ4n) is 2.18. The van der Waals surface area contributed by atoms with Gasteiger partial charge < -0.3 is 10.5 Å². The van der Waals surface area contributed by atoms with Crippen LogP contribution in [0.15, 0.2) is 64.9 Å². The number of carbonyl (C=O) groups is 1. The van der Waals surface area contributed by atoms with Gasteiger partial charge in [0.15, 0.2) is 5.76 Å². The average molecular weight is 348 g/mol. The lowest BCUT2D eigenvalue weighted by atomic mass is 10.0. The normalized spacial score (nSPS) is 16.5. The Hall–Kier alpha value is -2.38. The number of aliphatic hydroxyl groups excluding tert-OH is 1. The summed E-state index contributed by atoms with van der Waals surface area (Å²) in [6.45, 7) is 4.19. The summed E-state index contributed by atoms with van der Waals surface area (Å²) in [5.41, 5.74) is 3.59. The van der Waals surface area contributed by atoms with E-state index in [0.29, 0.717) is 5.92 Å². The van der Waals surface area contributed by atoms with E-state index < -0.39 is 21.6 Å². The number of Topliss-reactive ketones (excluding diaryl/α,β-unsaturated/α-hetero) is 1. The molecular formula is C17H20N2O4S. The fourth-order valence-corrected chi connectivity index (χ4v) is 3.00. The van der Waals surface area contributed by atoms with Gasteiger partial charge in [0.2, 0.25) is 5.78 Å². The molecule has 7 heteroatoms. The van der Waals surface area contributed by atoms with Crippen molar-refractivity contribution < 1.29 is 18.3 Å². The van der Waals surface area contributed by atoms with E-state index in [9.17, 15) is 18.3 Å². The average Bonchev–Trinajstić information content (AvgIpc) is 2.51. The molecule has 128 valence electrons. The number of benzene rings is 1. The molecule has 0 atom stereocenters. The smallest absolute Gasteiger partial charge is 0.257 e. The van der Waals surface area contributed by atoms with E-state index in [1.165, 1.54) is 36.6 Å². The number of hydrogen-bond donors (Lipinski definition) is 3. The lowest BCUT2D eigenvalue weighted by Crippen LogP contribution is -2.34. The van der Waals surface area contributed by atoms with Crippen LogP contribution in [0.1, 0.15) is 19.4 Å². The Morgan fingerprint density at radius 1 is 1.21 bits per heavy atom. The highest BCUT2D eigenvalue weighted by atomic mass is 32.2. The lowest BCUT2D eigenvalue weighted by molar-refractivity contribution is -0.114. The zero-order valence-corrected chi connectivity index (χ0v) is 14.3. The van der Waals surface area contributed by atoms with Gasteiger partial charge in [0.05, 0.1) is 4.90 Å². The molecule has 0 saturated heterocycles. The van der Waals surface area contributed by atoms with Crippen LogP contribution in [0.25, 0.3) is 0 Å². The summed E-state index contributed by atoms with van der Waals surface area (Å²) < 4.78 is 24.4. The van der Waals surface area contributed by atoms with Crippen LogP contribution in [0, 0.1) is 5.92 Å². The van der Waals surface area contributed by atoms with Crippen LogP contribution in [0.2, 0.25) is 0 Å². The van der Waals surface area contributed by atoms with E-state index in [1.807, 2.05) is 0 Å². The third kappa shape index (κ3) is 4.56. The molecule has 2 rings (SSSR count). The van der Waals surface area contributed by atoms with Crippen molar-refractivity contribution >= 4 is 15.8 Å². The molecule has 1 aliphatic rings. The minimum absolute atomic E-state index is 0.120. The van der Waals surface area contributed by atoms with Crippen LogP contribution >= 0.6 is 0 Å². The fraction of sp³-hybridized carbons (Fsp3) is 0.235. The summed E-state index contributed by atoms with van der Waals surface area (Å²) in [5, 5.41) is 9.33. The van der Waals surface area contributed by atoms with E-state index in [1.54, 1.807) is 12.1 Å². The molecule has 1 aliphatic carbocycles. The maximum absolute atomic E-state index is 12.2. The molecule has 0 aliphatic heterocycles. The second-order valence-electron chi connectivity index (χ2n) is 5.83. The Kier molecular flexibility index (Phi) is 5.58. The van der Waals surface area contributed by atoms with E-state index in [0.717, 1.165) is 12.0 Å². The number of nitrogens with one attached hydrogen (secondary N) is 2. The topological polar surface area (TPSA) is 95.5 Å². The van der Waals surface area contributed by atoms with Crippen molar-refractivity contribution in [3.63, 3.8) is 0 Å². The standard InChI is InChI=1S/C17H20N2O4S/c1-12(2)10-13-6-8-15(9-7-13)24(22,23)19-18-11-14-4-3-5-16(20)17(14)21/h3-9,11-12,18-20H,10H2,1-2H3. The molecule has 0 bridgehead atoms. The van der Waals surface area contributed by atoms with Gasteiger partial charge >= 0.3 is 0 Å². The molecule has 0 spiro atoms. The summed E-state index contributed by atoms with van der Waals surface area (Å²) in [7, 11) is -3.76. The summed E-state index contributed by atoms with van der Waals surface area (Å²) >= 11 is 0. The third-order valence-electron chi connectivity index (χ3n) is 3.32. The number of sulfonamides is 1. The molecule has 1 aromatic rings. The summed E-state index contributed by atoms with van der Waals surface area (Å²) in [6.07, 6.45) is 6.29. The van der Waals surface area contributed by atoms with Gasteiger partial charge in [-0.25, -0.2) is 8.42 Å². The van der Waals surface area contributed by atoms with Gasteiger partial charge in [-0.15, -0.1) is 4.83 Å². The second-order valence-corrected chi connectivity index (χ2v) is 7.51. The number of hydrogen-bond acceptors (Lipinski definition) is 5. The minimum Gasteiger partial charge on any atom is -0.504 e. The summed E-state index contributed by atoms with van der Waals surface area (Å²) in [5.74, 6) is -0.484. The van der Waals surface area contributed by atoms with Gasteiger partial charge in [0.25, 0.3) is 10.0 Å². The molecule has 0 heterocycles. The van der Waals surface area contributed by atoms with Crippen molar-refractivity contribution in [2.24, 2.45) is 5.92 Å². The van der Waals surface area contributed by atoms with Crippen molar-refractivity contribution in [1.29, 1.82) is 0 Å². The molecular weight excluding hydrogens is 328 g/mol. The Morgan fingerprint density at radius 2 is 1.88 bits per heavy atom. The maximum atomic E-state index is 12.2. The highest BCUT2D eigenvalue weighted by molar-refractivity contribution is 7.89. The molecule has 0 saturated carbocycles. The van der Waals surface area contributed by atoms with Crippen LogP contribution in [-0.2, 0) is 21.2 Å². The molecule has 0 aromatic heterocycles. The van der Waals surface area contributed by atoms with E-state index >= 15 is 0 Å². The Labute approximate surface area is 141 Å². The number of allylic oxidation sites excluding steroid dienone is 4. The van der Waals surface area contributed by atoms with Crippen molar-refractivity contribution in [2.45, 2.75) is 25.2 Å². The Morgan fingerprint density at radius 3 is 2.50 bits per heavy atom. The largest absolute Gasteiger partial charge is 0.504 e. The summed E-state index contributed by atoms with van der Waals surface area (Å²) in [6, 6.07) is 6.64. The van der Waals surface area contributed by atoms with Gasteiger partial charge in [0, 0.05) is 11.8 Å².